The molecular formula is C15H11Br2ClF3N3. The minimum atomic E-state index is -4.49. The molecule has 24 heavy (non-hydrogen) atoms. The van der Waals surface area contributed by atoms with E-state index in [4.69, 9.17) is 11.6 Å². The van der Waals surface area contributed by atoms with Gasteiger partial charge in [0.25, 0.3) is 0 Å². The van der Waals surface area contributed by atoms with Gasteiger partial charge in [0.2, 0.25) is 0 Å². The molecule has 1 aliphatic rings. The zero-order valence-corrected chi connectivity index (χ0v) is 16.3. The third-order valence-electron chi connectivity index (χ3n) is 3.71. The fourth-order valence-electron chi connectivity index (χ4n) is 2.39. The maximum Gasteiger partial charge on any atom is 0.417 e. The molecule has 0 saturated heterocycles. The molecule has 0 N–H and O–H groups in total. The maximum atomic E-state index is 12.7. The third-order valence-corrected chi connectivity index (χ3v) is 5.75. The monoisotopic (exact) mass is 483 g/mol. The summed E-state index contributed by atoms with van der Waals surface area (Å²) < 4.78 is 39.4. The van der Waals surface area contributed by atoms with Crippen molar-refractivity contribution in [3.8, 4) is 5.82 Å². The van der Waals surface area contributed by atoms with Crippen LogP contribution in [0.25, 0.3) is 11.4 Å². The summed E-state index contributed by atoms with van der Waals surface area (Å²) in [7, 11) is 0. The number of allylic oxidation sites excluding steroid dienone is 1. The van der Waals surface area contributed by atoms with E-state index in [-0.39, 0.29) is 20.0 Å². The van der Waals surface area contributed by atoms with Gasteiger partial charge in [0.15, 0.2) is 5.82 Å². The van der Waals surface area contributed by atoms with Crippen molar-refractivity contribution in [2.45, 2.75) is 28.7 Å². The summed E-state index contributed by atoms with van der Waals surface area (Å²) in [6.07, 6.45) is -1.14. The van der Waals surface area contributed by atoms with Crippen LogP contribution in [0.1, 0.15) is 36.1 Å². The van der Waals surface area contributed by atoms with Crippen LogP contribution in [0.15, 0.2) is 25.0 Å². The smallest absolute Gasteiger partial charge is 0.235 e. The highest BCUT2D eigenvalue weighted by Crippen LogP contribution is 2.63. The zero-order valence-electron chi connectivity index (χ0n) is 12.3. The quantitative estimate of drug-likeness (QED) is 0.504. The molecular weight excluding hydrogens is 474 g/mol. The van der Waals surface area contributed by atoms with Gasteiger partial charge in [0, 0.05) is 23.9 Å². The average molecular weight is 486 g/mol. The number of nitrogens with zero attached hydrogens (tertiary/aromatic N) is 3. The van der Waals surface area contributed by atoms with Crippen molar-refractivity contribution in [1.82, 2.24) is 14.8 Å². The molecule has 1 unspecified atom stereocenters. The van der Waals surface area contributed by atoms with Crippen molar-refractivity contribution in [3.63, 3.8) is 0 Å². The first-order valence-electron chi connectivity index (χ1n) is 6.87. The van der Waals surface area contributed by atoms with Gasteiger partial charge in [-0.15, -0.1) is 0 Å². The van der Waals surface area contributed by atoms with Gasteiger partial charge >= 0.3 is 6.18 Å². The zero-order chi connectivity index (χ0) is 17.9. The summed E-state index contributed by atoms with van der Waals surface area (Å²) in [5.41, 5.74) is 1.49. The Bertz CT molecular complexity index is 830. The number of halogens is 6. The van der Waals surface area contributed by atoms with Crippen LogP contribution < -0.4 is 0 Å². The molecule has 0 aromatic carbocycles. The molecule has 3 nitrogen and oxygen atoms in total. The highest BCUT2D eigenvalue weighted by Gasteiger charge is 2.52. The lowest BCUT2D eigenvalue weighted by Gasteiger charge is -2.08. The molecule has 1 atom stereocenters. The van der Waals surface area contributed by atoms with Gasteiger partial charge in [0.05, 0.1) is 19.5 Å². The summed E-state index contributed by atoms with van der Waals surface area (Å²) >= 11 is 13.1. The Morgan fingerprint density at radius 1 is 1.46 bits per heavy atom. The van der Waals surface area contributed by atoms with E-state index in [0.29, 0.717) is 5.69 Å². The van der Waals surface area contributed by atoms with Crippen LogP contribution in [0.3, 0.4) is 0 Å². The molecule has 1 saturated carbocycles. The van der Waals surface area contributed by atoms with Crippen molar-refractivity contribution in [3.05, 3.63) is 46.9 Å². The molecule has 0 radical (unpaired) electrons. The molecule has 0 amide bonds. The second-order valence-corrected chi connectivity index (χ2v) is 10.0. The van der Waals surface area contributed by atoms with Gasteiger partial charge in [-0.1, -0.05) is 50.0 Å². The van der Waals surface area contributed by atoms with E-state index in [1.54, 1.807) is 6.20 Å². The molecule has 3 rings (SSSR count). The molecule has 128 valence electrons. The highest BCUT2D eigenvalue weighted by molar-refractivity contribution is 9.25. The largest absolute Gasteiger partial charge is 0.417 e. The van der Waals surface area contributed by atoms with Gasteiger partial charge in [0.1, 0.15) is 0 Å². The summed E-state index contributed by atoms with van der Waals surface area (Å²) in [4.78, 5) is 3.84. The molecule has 2 aromatic rings. The lowest BCUT2D eigenvalue weighted by atomic mass is 10.1. The molecule has 0 aliphatic heterocycles. The average Bonchev–Trinajstić information content (AvgIpc) is 2.91. The fraction of sp³-hybridized carbons (Fsp3) is 0.333. The van der Waals surface area contributed by atoms with Crippen molar-refractivity contribution in [2.75, 3.05) is 0 Å². The van der Waals surface area contributed by atoms with Crippen LogP contribution >= 0.6 is 43.5 Å². The van der Waals surface area contributed by atoms with Gasteiger partial charge < -0.3 is 0 Å². The predicted molar refractivity (Wildman–Crippen MR) is 94.0 cm³/mol. The van der Waals surface area contributed by atoms with Crippen molar-refractivity contribution in [2.24, 2.45) is 0 Å². The third kappa shape index (κ3) is 3.28. The van der Waals surface area contributed by atoms with E-state index in [0.717, 1.165) is 29.8 Å². The molecule has 1 aliphatic carbocycles. The standard InChI is InChI=1S/C15H11Br2ClF3N3/c1-7(2)12-9(10-4-14(10,16)17)6-24(23-12)13-11(18)3-8(5-22-13)15(19,20)21/h3,5-6,10H,1,4H2,2H3. The number of rotatable bonds is 3. The van der Waals surface area contributed by atoms with Gasteiger partial charge in [-0.3, -0.25) is 0 Å². The maximum absolute atomic E-state index is 12.7. The Labute approximate surface area is 158 Å². The molecule has 2 heterocycles. The Morgan fingerprint density at radius 2 is 2.08 bits per heavy atom. The Morgan fingerprint density at radius 3 is 2.54 bits per heavy atom. The molecule has 2 aromatic heterocycles. The number of hydrogen-bond acceptors (Lipinski definition) is 2. The first kappa shape index (κ1) is 17.9. The van der Waals surface area contributed by atoms with Crippen LogP contribution in [-0.2, 0) is 6.18 Å². The van der Waals surface area contributed by atoms with Crippen LogP contribution in [0.4, 0.5) is 13.2 Å². The summed E-state index contributed by atoms with van der Waals surface area (Å²) in [5, 5.41) is 4.29. The van der Waals surface area contributed by atoms with E-state index in [9.17, 15) is 13.2 Å². The van der Waals surface area contributed by atoms with Crippen molar-refractivity contribution < 1.29 is 13.2 Å². The number of aromatic nitrogens is 3. The Balaban J connectivity index is 2.05. The summed E-state index contributed by atoms with van der Waals surface area (Å²) in [6, 6.07) is 0.849. The molecule has 0 spiro atoms. The van der Waals surface area contributed by atoms with Gasteiger partial charge in [-0.05, 0) is 25.0 Å². The van der Waals surface area contributed by atoms with Crippen molar-refractivity contribution in [1.29, 1.82) is 0 Å². The van der Waals surface area contributed by atoms with Crippen LogP contribution in [0.2, 0.25) is 5.02 Å². The summed E-state index contributed by atoms with van der Waals surface area (Å²) in [6.45, 7) is 5.74. The highest BCUT2D eigenvalue weighted by atomic mass is 79.9. The topological polar surface area (TPSA) is 30.7 Å². The molecule has 1 fully saturated rings. The molecule has 0 bridgehead atoms. The first-order chi connectivity index (χ1) is 11.0. The number of alkyl halides is 5. The van der Waals surface area contributed by atoms with E-state index in [1.165, 1.54) is 4.68 Å². The first-order valence-corrected chi connectivity index (χ1v) is 8.83. The minimum Gasteiger partial charge on any atom is -0.235 e. The van der Waals surface area contributed by atoms with E-state index < -0.39 is 11.7 Å². The van der Waals surface area contributed by atoms with Gasteiger partial charge in [-0.25, -0.2) is 9.67 Å². The normalized spacial score (nSPS) is 19.4. The second kappa shape index (κ2) is 5.85. The number of hydrogen-bond donors (Lipinski definition) is 0. The minimum absolute atomic E-state index is 0.119. The van der Waals surface area contributed by atoms with E-state index >= 15 is 0 Å². The molecule has 9 heteroatoms. The number of pyridine rings is 1. The van der Waals surface area contributed by atoms with Crippen LogP contribution in [0.5, 0.6) is 0 Å². The van der Waals surface area contributed by atoms with Crippen LogP contribution in [-0.4, -0.2) is 18.0 Å². The van der Waals surface area contributed by atoms with E-state index in [1.807, 2.05) is 6.92 Å². The van der Waals surface area contributed by atoms with E-state index in [2.05, 4.69) is 48.5 Å². The predicted octanol–water partition coefficient (Wildman–Crippen LogP) is 5.95. The lowest BCUT2D eigenvalue weighted by Crippen LogP contribution is -2.08. The Hall–Kier alpha value is -0.860. The summed E-state index contributed by atoms with van der Waals surface area (Å²) in [5.74, 6) is 0.333. The lowest BCUT2D eigenvalue weighted by molar-refractivity contribution is -0.137. The Kier molecular flexibility index (Phi) is 4.37. The van der Waals surface area contributed by atoms with Crippen molar-refractivity contribution >= 4 is 49.0 Å². The van der Waals surface area contributed by atoms with Crippen LogP contribution in [0, 0.1) is 0 Å². The van der Waals surface area contributed by atoms with Gasteiger partial charge in [-0.2, -0.15) is 18.3 Å². The SMILES string of the molecule is C=C(C)c1nn(-c2ncc(C(F)(F)F)cc2Cl)cc1C1CC1(Br)Br. The second-order valence-electron chi connectivity index (χ2n) is 5.70. The fourth-order valence-corrected chi connectivity index (χ4v) is 3.78.